The molecule has 0 fully saturated rings. The quantitative estimate of drug-likeness (QED) is 0.862. The summed E-state index contributed by atoms with van der Waals surface area (Å²) in [6.07, 6.45) is 2.71. The van der Waals surface area contributed by atoms with Gasteiger partial charge in [0.1, 0.15) is 16.5 Å². The van der Waals surface area contributed by atoms with Crippen LogP contribution in [0.25, 0.3) is 0 Å². The van der Waals surface area contributed by atoms with E-state index in [2.05, 4.69) is 9.71 Å². The number of hydrogen-bond acceptors (Lipinski definition) is 5. The van der Waals surface area contributed by atoms with Crippen molar-refractivity contribution in [3.8, 4) is 0 Å². The Balaban J connectivity index is 2.17. The SMILES string of the molecule is Cc1cc(S(=O)(=O)NCc2ccco2)cnc1N. The Bertz CT molecular complexity index is 636. The fourth-order valence-corrected chi connectivity index (χ4v) is 2.39. The van der Waals surface area contributed by atoms with Crippen molar-refractivity contribution in [2.75, 3.05) is 5.73 Å². The van der Waals surface area contributed by atoms with E-state index >= 15 is 0 Å². The average molecular weight is 267 g/mol. The first-order chi connectivity index (χ1) is 8.49. The third-order valence-corrected chi connectivity index (χ3v) is 3.79. The van der Waals surface area contributed by atoms with E-state index in [1.165, 1.54) is 18.5 Å². The highest BCUT2D eigenvalue weighted by atomic mass is 32.2. The topological polar surface area (TPSA) is 98.2 Å². The molecule has 18 heavy (non-hydrogen) atoms. The first kappa shape index (κ1) is 12.6. The summed E-state index contributed by atoms with van der Waals surface area (Å²) >= 11 is 0. The summed E-state index contributed by atoms with van der Waals surface area (Å²) in [4.78, 5) is 3.91. The van der Waals surface area contributed by atoms with Crippen LogP contribution in [0.3, 0.4) is 0 Å². The standard InChI is InChI=1S/C11H13N3O3S/c1-8-5-10(7-13-11(8)12)18(15,16)14-6-9-3-2-4-17-9/h2-5,7,14H,6H2,1H3,(H2,12,13). The van der Waals surface area contributed by atoms with Crippen molar-refractivity contribution >= 4 is 15.8 Å². The van der Waals surface area contributed by atoms with Crippen LogP contribution in [0.1, 0.15) is 11.3 Å². The molecule has 0 bridgehead atoms. The van der Waals surface area contributed by atoms with Crippen LogP contribution in [0.5, 0.6) is 0 Å². The van der Waals surface area contributed by atoms with Crippen molar-refractivity contribution in [3.63, 3.8) is 0 Å². The van der Waals surface area contributed by atoms with Crippen LogP contribution in [-0.4, -0.2) is 13.4 Å². The molecule has 0 amide bonds. The zero-order valence-electron chi connectivity index (χ0n) is 9.75. The van der Waals surface area contributed by atoms with Gasteiger partial charge in [0, 0.05) is 6.20 Å². The molecular formula is C11H13N3O3S. The van der Waals surface area contributed by atoms with Gasteiger partial charge in [-0.05, 0) is 30.7 Å². The maximum atomic E-state index is 12.0. The lowest BCUT2D eigenvalue weighted by atomic mass is 10.3. The van der Waals surface area contributed by atoms with E-state index in [1.807, 2.05) is 0 Å². The fraction of sp³-hybridized carbons (Fsp3) is 0.182. The third kappa shape index (κ3) is 2.69. The largest absolute Gasteiger partial charge is 0.468 e. The Morgan fingerprint density at radius 1 is 1.50 bits per heavy atom. The first-order valence-corrected chi connectivity index (χ1v) is 6.71. The number of pyridine rings is 1. The molecule has 0 aliphatic carbocycles. The van der Waals surface area contributed by atoms with E-state index in [0.717, 1.165) is 0 Å². The smallest absolute Gasteiger partial charge is 0.242 e. The second-order valence-electron chi connectivity index (χ2n) is 3.78. The molecular weight excluding hydrogens is 254 g/mol. The molecule has 0 aliphatic heterocycles. The Labute approximate surface area is 105 Å². The summed E-state index contributed by atoms with van der Waals surface area (Å²) in [5.41, 5.74) is 6.16. The monoisotopic (exact) mass is 267 g/mol. The molecule has 0 saturated heterocycles. The number of hydrogen-bond donors (Lipinski definition) is 2. The van der Waals surface area contributed by atoms with Gasteiger partial charge < -0.3 is 10.2 Å². The molecule has 2 aromatic rings. The molecule has 96 valence electrons. The van der Waals surface area contributed by atoms with Crippen molar-refractivity contribution in [1.29, 1.82) is 0 Å². The highest BCUT2D eigenvalue weighted by Crippen LogP contribution is 2.14. The molecule has 2 aromatic heterocycles. The third-order valence-electron chi connectivity index (χ3n) is 2.42. The van der Waals surface area contributed by atoms with E-state index in [1.54, 1.807) is 19.1 Å². The number of furan rings is 1. The van der Waals surface area contributed by atoms with Crippen LogP contribution >= 0.6 is 0 Å². The van der Waals surface area contributed by atoms with Crippen LogP contribution in [0.2, 0.25) is 0 Å². The van der Waals surface area contributed by atoms with E-state index in [9.17, 15) is 8.42 Å². The van der Waals surface area contributed by atoms with Gasteiger partial charge in [0.15, 0.2) is 0 Å². The van der Waals surface area contributed by atoms with E-state index in [0.29, 0.717) is 17.1 Å². The zero-order valence-corrected chi connectivity index (χ0v) is 10.6. The van der Waals surface area contributed by atoms with Crippen LogP contribution in [-0.2, 0) is 16.6 Å². The van der Waals surface area contributed by atoms with Gasteiger partial charge in [0.05, 0.1) is 12.8 Å². The minimum Gasteiger partial charge on any atom is -0.468 e. The Morgan fingerprint density at radius 3 is 2.89 bits per heavy atom. The zero-order chi connectivity index (χ0) is 13.2. The molecule has 0 saturated carbocycles. The molecule has 0 aliphatic rings. The summed E-state index contributed by atoms with van der Waals surface area (Å²) in [5.74, 6) is 0.860. The highest BCUT2D eigenvalue weighted by Gasteiger charge is 2.15. The normalized spacial score (nSPS) is 11.6. The molecule has 0 spiro atoms. The molecule has 0 atom stereocenters. The molecule has 7 heteroatoms. The van der Waals surface area contributed by atoms with Gasteiger partial charge in [-0.15, -0.1) is 0 Å². The van der Waals surface area contributed by atoms with Crippen LogP contribution in [0, 0.1) is 6.92 Å². The molecule has 0 radical (unpaired) electrons. The van der Waals surface area contributed by atoms with Gasteiger partial charge >= 0.3 is 0 Å². The second kappa shape index (κ2) is 4.79. The summed E-state index contributed by atoms with van der Waals surface area (Å²) in [6, 6.07) is 4.86. The van der Waals surface area contributed by atoms with Crippen molar-refractivity contribution in [2.24, 2.45) is 0 Å². The molecule has 2 rings (SSSR count). The maximum Gasteiger partial charge on any atom is 0.242 e. The van der Waals surface area contributed by atoms with Crippen molar-refractivity contribution in [3.05, 3.63) is 42.0 Å². The van der Waals surface area contributed by atoms with Gasteiger partial charge in [-0.3, -0.25) is 0 Å². The number of anilines is 1. The summed E-state index contributed by atoms with van der Waals surface area (Å²) in [7, 11) is -3.60. The number of nitrogens with two attached hydrogens (primary N) is 1. The molecule has 0 aromatic carbocycles. The number of nitrogen functional groups attached to an aromatic ring is 1. The minimum atomic E-state index is -3.60. The van der Waals surface area contributed by atoms with Gasteiger partial charge in [-0.1, -0.05) is 0 Å². The number of nitrogens with zero attached hydrogens (tertiary/aromatic N) is 1. The summed E-state index contributed by atoms with van der Waals surface area (Å²) in [5, 5.41) is 0. The molecule has 6 nitrogen and oxygen atoms in total. The van der Waals surface area contributed by atoms with E-state index < -0.39 is 10.0 Å². The van der Waals surface area contributed by atoms with Gasteiger partial charge in [-0.25, -0.2) is 18.1 Å². The number of rotatable bonds is 4. The Kier molecular flexibility index (Phi) is 3.35. The number of aromatic nitrogens is 1. The highest BCUT2D eigenvalue weighted by molar-refractivity contribution is 7.89. The lowest BCUT2D eigenvalue weighted by Gasteiger charge is -2.06. The van der Waals surface area contributed by atoms with Crippen molar-refractivity contribution < 1.29 is 12.8 Å². The number of aryl methyl sites for hydroxylation is 1. The van der Waals surface area contributed by atoms with Gasteiger partial charge in [0.25, 0.3) is 0 Å². The minimum absolute atomic E-state index is 0.0840. The van der Waals surface area contributed by atoms with Gasteiger partial charge in [0.2, 0.25) is 10.0 Å². The summed E-state index contributed by atoms with van der Waals surface area (Å²) in [6.45, 7) is 1.80. The summed E-state index contributed by atoms with van der Waals surface area (Å²) < 4.78 is 31.4. The first-order valence-electron chi connectivity index (χ1n) is 5.23. The maximum absolute atomic E-state index is 12.0. The lowest BCUT2D eigenvalue weighted by Crippen LogP contribution is -2.23. The molecule has 3 N–H and O–H groups in total. The van der Waals surface area contributed by atoms with Crippen LogP contribution in [0.4, 0.5) is 5.82 Å². The average Bonchev–Trinajstić information content (AvgIpc) is 2.83. The Hall–Kier alpha value is -1.86. The Morgan fingerprint density at radius 2 is 2.28 bits per heavy atom. The lowest BCUT2D eigenvalue weighted by molar-refractivity contribution is 0.498. The number of nitrogens with one attached hydrogen (secondary N) is 1. The predicted molar refractivity (Wildman–Crippen MR) is 66.1 cm³/mol. The van der Waals surface area contributed by atoms with Crippen molar-refractivity contribution in [1.82, 2.24) is 9.71 Å². The van der Waals surface area contributed by atoms with Crippen LogP contribution < -0.4 is 10.5 Å². The molecule has 0 unspecified atom stereocenters. The van der Waals surface area contributed by atoms with Crippen molar-refractivity contribution in [2.45, 2.75) is 18.4 Å². The van der Waals surface area contributed by atoms with Crippen LogP contribution in [0.15, 0.2) is 40.0 Å². The molecule has 2 heterocycles. The number of sulfonamides is 1. The fourth-order valence-electron chi connectivity index (χ4n) is 1.37. The predicted octanol–water partition coefficient (Wildman–Crippen LogP) is 1.04. The van der Waals surface area contributed by atoms with E-state index in [4.69, 9.17) is 10.2 Å². The van der Waals surface area contributed by atoms with Gasteiger partial charge in [-0.2, -0.15) is 0 Å². The second-order valence-corrected chi connectivity index (χ2v) is 5.54. The van der Waals surface area contributed by atoms with E-state index in [-0.39, 0.29) is 11.4 Å².